The number of hydrogen-bond donors (Lipinski definition) is 1. The quantitative estimate of drug-likeness (QED) is 0.834. The van der Waals surface area contributed by atoms with E-state index in [2.05, 4.69) is 32.7 Å². The number of hydrogen-bond acceptors (Lipinski definition) is 4. The molecular weight excluding hydrogens is 252 g/mol. The van der Waals surface area contributed by atoms with Gasteiger partial charge in [0.15, 0.2) is 0 Å². The van der Waals surface area contributed by atoms with Crippen LogP contribution in [0.3, 0.4) is 0 Å². The summed E-state index contributed by atoms with van der Waals surface area (Å²) in [6, 6.07) is 6.19. The number of methoxy groups -OCH3 is 2. The van der Waals surface area contributed by atoms with E-state index in [0.29, 0.717) is 12.0 Å². The van der Waals surface area contributed by atoms with Crippen molar-refractivity contribution in [3.05, 3.63) is 23.8 Å². The van der Waals surface area contributed by atoms with Crippen molar-refractivity contribution in [3.63, 3.8) is 0 Å². The lowest BCUT2D eigenvalue weighted by atomic mass is 10.0. The summed E-state index contributed by atoms with van der Waals surface area (Å²) in [7, 11) is 5.42. The predicted molar refractivity (Wildman–Crippen MR) is 83.4 cm³/mol. The van der Waals surface area contributed by atoms with Crippen LogP contribution in [0.15, 0.2) is 18.2 Å². The summed E-state index contributed by atoms with van der Waals surface area (Å²) in [6.07, 6.45) is 0. The molecule has 0 fully saturated rings. The minimum Gasteiger partial charge on any atom is -0.497 e. The molecule has 0 aliphatic rings. The van der Waals surface area contributed by atoms with Crippen LogP contribution in [0.25, 0.3) is 0 Å². The lowest BCUT2D eigenvalue weighted by molar-refractivity contribution is 0.196. The molecule has 0 aliphatic heterocycles. The van der Waals surface area contributed by atoms with Crippen LogP contribution in [-0.4, -0.2) is 38.8 Å². The maximum absolute atomic E-state index is 6.34. The van der Waals surface area contributed by atoms with E-state index in [1.165, 1.54) is 0 Å². The summed E-state index contributed by atoms with van der Waals surface area (Å²) in [5.74, 6) is 2.16. The molecule has 2 unspecified atom stereocenters. The van der Waals surface area contributed by atoms with Gasteiger partial charge in [-0.1, -0.05) is 19.9 Å². The van der Waals surface area contributed by atoms with Crippen molar-refractivity contribution >= 4 is 0 Å². The molecule has 1 aromatic carbocycles. The molecule has 114 valence electrons. The first kappa shape index (κ1) is 16.8. The van der Waals surface area contributed by atoms with Gasteiger partial charge in [-0.2, -0.15) is 0 Å². The second-order valence-electron chi connectivity index (χ2n) is 5.64. The van der Waals surface area contributed by atoms with Crippen molar-refractivity contribution in [3.8, 4) is 11.5 Å². The zero-order valence-corrected chi connectivity index (χ0v) is 13.5. The Kier molecular flexibility index (Phi) is 6.30. The number of nitrogens with zero attached hydrogens (tertiary/aromatic N) is 1. The lowest BCUT2D eigenvalue weighted by Crippen LogP contribution is -2.38. The van der Waals surface area contributed by atoms with Crippen LogP contribution < -0.4 is 15.2 Å². The van der Waals surface area contributed by atoms with Crippen LogP contribution in [-0.2, 0) is 0 Å². The van der Waals surface area contributed by atoms with E-state index in [1.807, 2.05) is 18.2 Å². The number of likely N-dealkylation sites (N-methyl/N-ethyl adjacent to an activating group) is 1. The molecule has 0 saturated carbocycles. The predicted octanol–water partition coefficient (Wildman–Crippen LogP) is 2.68. The molecule has 4 heteroatoms. The minimum absolute atomic E-state index is 0.0814. The first-order chi connectivity index (χ1) is 9.40. The third kappa shape index (κ3) is 4.12. The van der Waals surface area contributed by atoms with Gasteiger partial charge in [-0.25, -0.2) is 0 Å². The molecule has 2 N–H and O–H groups in total. The Labute approximate surface area is 122 Å². The third-order valence-corrected chi connectivity index (χ3v) is 3.98. The summed E-state index contributed by atoms with van der Waals surface area (Å²) >= 11 is 0. The van der Waals surface area contributed by atoms with E-state index in [4.69, 9.17) is 15.2 Å². The normalized spacial score (nSPS) is 14.4. The first-order valence-electron chi connectivity index (χ1n) is 7.08. The topological polar surface area (TPSA) is 47.7 Å². The molecule has 0 heterocycles. The number of benzene rings is 1. The highest BCUT2D eigenvalue weighted by atomic mass is 16.5. The molecule has 0 aromatic heterocycles. The van der Waals surface area contributed by atoms with Gasteiger partial charge in [0.05, 0.1) is 14.2 Å². The Morgan fingerprint density at radius 2 is 1.80 bits per heavy atom. The first-order valence-corrected chi connectivity index (χ1v) is 7.08. The van der Waals surface area contributed by atoms with Crippen molar-refractivity contribution in [1.82, 2.24) is 4.90 Å². The van der Waals surface area contributed by atoms with Gasteiger partial charge in [0.2, 0.25) is 0 Å². The van der Waals surface area contributed by atoms with E-state index < -0.39 is 0 Å². The third-order valence-electron chi connectivity index (χ3n) is 3.98. The largest absolute Gasteiger partial charge is 0.497 e. The van der Waals surface area contributed by atoms with Crippen LogP contribution in [0.2, 0.25) is 0 Å². The molecule has 0 saturated heterocycles. The molecule has 0 radical (unpaired) electrons. The summed E-state index contributed by atoms with van der Waals surface area (Å²) in [5.41, 5.74) is 7.35. The van der Waals surface area contributed by atoms with E-state index in [-0.39, 0.29) is 6.04 Å². The van der Waals surface area contributed by atoms with Crippen LogP contribution in [0.5, 0.6) is 11.5 Å². The fourth-order valence-electron chi connectivity index (χ4n) is 2.21. The zero-order valence-electron chi connectivity index (χ0n) is 13.5. The van der Waals surface area contributed by atoms with E-state index in [0.717, 1.165) is 23.6 Å². The number of nitrogens with two attached hydrogens (primary N) is 1. The standard InChI is InChI=1S/C16H28N2O2/c1-11(2)12(3)18(4)10-15(17)14-8-7-13(19-5)9-16(14)20-6/h7-9,11-12,15H,10,17H2,1-6H3. The van der Waals surface area contributed by atoms with E-state index >= 15 is 0 Å². The van der Waals surface area contributed by atoms with Crippen molar-refractivity contribution in [2.24, 2.45) is 11.7 Å². The monoisotopic (exact) mass is 280 g/mol. The molecule has 4 nitrogen and oxygen atoms in total. The van der Waals surface area contributed by atoms with Crippen molar-refractivity contribution in [2.45, 2.75) is 32.9 Å². The fourth-order valence-corrected chi connectivity index (χ4v) is 2.21. The van der Waals surface area contributed by atoms with Gasteiger partial charge in [0, 0.05) is 30.3 Å². The fraction of sp³-hybridized carbons (Fsp3) is 0.625. The van der Waals surface area contributed by atoms with Crippen LogP contribution in [0, 0.1) is 5.92 Å². The summed E-state index contributed by atoms with van der Waals surface area (Å²) in [6.45, 7) is 7.46. The molecule has 0 spiro atoms. The number of rotatable bonds is 7. The summed E-state index contributed by atoms with van der Waals surface area (Å²) < 4.78 is 10.6. The molecule has 0 aliphatic carbocycles. The van der Waals surface area contributed by atoms with Crippen molar-refractivity contribution in [1.29, 1.82) is 0 Å². The maximum atomic E-state index is 6.34. The maximum Gasteiger partial charge on any atom is 0.127 e. The average Bonchev–Trinajstić information content (AvgIpc) is 2.45. The summed E-state index contributed by atoms with van der Waals surface area (Å²) in [5, 5.41) is 0. The second-order valence-corrected chi connectivity index (χ2v) is 5.64. The highest BCUT2D eigenvalue weighted by Gasteiger charge is 2.19. The molecular formula is C16H28N2O2. The molecule has 1 rings (SSSR count). The highest BCUT2D eigenvalue weighted by Crippen LogP contribution is 2.29. The van der Waals surface area contributed by atoms with Crippen molar-refractivity contribution in [2.75, 3.05) is 27.8 Å². The van der Waals surface area contributed by atoms with Gasteiger partial charge in [-0.15, -0.1) is 0 Å². The van der Waals surface area contributed by atoms with Crippen molar-refractivity contribution < 1.29 is 9.47 Å². The van der Waals surface area contributed by atoms with Gasteiger partial charge < -0.3 is 20.1 Å². The Hall–Kier alpha value is -1.26. The van der Waals surface area contributed by atoms with Crippen LogP contribution >= 0.6 is 0 Å². The molecule has 1 aromatic rings. The molecule has 0 bridgehead atoms. The summed E-state index contributed by atoms with van der Waals surface area (Å²) in [4.78, 5) is 2.29. The SMILES string of the molecule is COc1ccc(C(N)CN(C)C(C)C(C)C)c(OC)c1. The molecule has 0 amide bonds. The van der Waals surface area contributed by atoms with Gasteiger partial charge in [0.25, 0.3) is 0 Å². The minimum atomic E-state index is -0.0814. The molecule has 20 heavy (non-hydrogen) atoms. The Bertz CT molecular complexity index is 421. The highest BCUT2D eigenvalue weighted by molar-refractivity contribution is 5.42. The van der Waals surface area contributed by atoms with Gasteiger partial charge in [-0.3, -0.25) is 0 Å². The second kappa shape index (κ2) is 7.50. The van der Waals surface area contributed by atoms with Gasteiger partial charge in [-0.05, 0) is 26.0 Å². The van der Waals surface area contributed by atoms with E-state index in [1.54, 1.807) is 14.2 Å². The Morgan fingerprint density at radius 1 is 1.15 bits per heavy atom. The Morgan fingerprint density at radius 3 is 2.30 bits per heavy atom. The van der Waals surface area contributed by atoms with Gasteiger partial charge in [0.1, 0.15) is 11.5 Å². The molecule has 2 atom stereocenters. The lowest BCUT2D eigenvalue weighted by Gasteiger charge is -2.30. The zero-order chi connectivity index (χ0) is 15.3. The van der Waals surface area contributed by atoms with Gasteiger partial charge >= 0.3 is 0 Å². The van der Waals surface area contributed by atoms with Crippen LogP contribution in [0.1, 0.15) is 32.4 Å². The van der Waals surface area contributed by atoms with Crippen LogP contribution in [0.4, 0.5) is 0 Å². The number of ether oxygens (including phenoxy) is 2. The smallest absolute Gasteiger partial charge is 0.127 e. The van der Waals surface area contributed by atoms with E-state index in [9.17, 15) is 0 Å². The Balaban J connectivity index is 2.84. The average molecular weight is 280 g/mol.